The van der Waals surface area contributed by atoms with E-state index in [1.54, 1.807) is 26.8 Å². The average molecular weight is 587 g/mol. The van der Waals surface area contributed by atoms with Crippen molar-refractivity contribution in [3.63, 3.8) is 0 Å². The second-order valence-corrected chi connectivity index (χ2v) is 10.3. The predicted octanol–water partition coefficient (Wildman–Crippen LogP) is 5.57. The van der Waals surface area contributed by atoms with Crippen LogP contribution in [0.3, 0.4) is 0 Å². The largest absolute Gasteiger partial charge is 0.489 e. The van der Waals surface area contributed by atoms with Crippen LogP contribution in [-0.2, 0) is 32.3 Å². The van der Waals surface area contributed by atoms with Gasteiger partial charge in [0.25, 0.3) is 0 Å². The van der Waals surface area contributed by atoms with Crippen LogP contribution in [0, 0.1) is 9.49 Å². The molecule has 3 aromatic carbocycles. The molecular formula is C28H30INO5. The molecular weight excluding hydrogens is 557 g/mol. The summed E-state index contributed by atoms with van der Waals surface area (Å²) >= 11 is 2.16. The third kappa shape index (κ3) is 8.07. The molecule has 0 aliphatic rings. The fraction of sp³-hybridized carbons (Fsp3) is 0.286. The minimum absolute atomic E-state index is 0.0232. The summed E-state index contributed by atoms with van der Waals surface area (Å²) < 4.78 is 18.0. The number of rotatable bonds is 9. The van der Waals surface area contributed by atoms with E-state index in [-0.39, 0.29) is 6.61 Å². The Morgan fingerprint density at radius 1 is 0.857 bits per heavy atom. The average Bonchev–Trinajstić information content (AvgIpc) is 2.82. The number of hydrogen-bond acceptors (Lipinski definition) is 6. The predicted molar refractivity (Wildman–Crippen MR) is 142 cm³/mol. The van der Waals surface area contributed by atoms with Crippen molar-refractivity contribution in [2.45, 2.75) is 45.6 Å². The molecule has 0 saturated heterocycles. The molecule has 2 N–H and O–H groups in total. The van der Waals surface area contributed by atoms with E-state index in [2.05, 4.69) is 22.6 Å². The normalized spacial score (nSPS) is 12.9. The second kappa shape index (κ2) is 12.2. The first-order valence-corrected chi connectivity index (χ1v) is 12.4. The van der Waals surface area contributed by atoms with Crippen molar-refractivity contribution in [3.8, 4) is 5.75 Å². The Bertz CT molecular complexity index is 1130. The molecule has 184 valence electrons. The molecule has 2 atom stereocenters. The van der Waals surface area contributed by atoms with Gasteiger partial charge in [0.2, 0.25) is 0 Å². The van der Waals surface area contributed by atoms with Crippen LogP contribution in [0.15, 0.2) is 78.9 Å². The molecule has 0 spiro atoms. The van der Waals surface area contributed by atoms with Crippen molar-refractivity contribution in [1.82, 2.24) is 0 Å². The minimum atomic E-state index is -1.37. The van der Waals surface area contributed by atoms with Crippen LogP contribution in [0.4, 0.5) is 0 Å². The summed E-state index contributed by atoms with van der Waals surface area (Å²) in [6.07, 6.45) is 0. The van der Waals surface area contributed by atoms with Crippen molar-refractivity contribution >= 4 is 34.5 Å². The fourth-order valence-corrected chi connectivity index (χ4v) is 3.91. The Balaban J connectivity index is 1.88. The Morgan fingerprint density at radius 2 is 1.43 bits per heavy atom. The lowest BCUT2D eigenvalue weighted by atomic mass is 9.92. The molecule has 0 aromatic heterocycles. The molecule has 3 rings (SSSR count). The van der Waals surface area contributed by atoms with E-state index >= 15 is 0 Å². The maximum absolute atomic E-state index is 13.2. The number of carbonyl (C=O) groups excluding carboxylic acids is 2. The number of ether oxygens (including phenoxy) is 3. The zero-order valence-electron chi connectivity index (χ0n) is 20.1. The first-order chi connectivity index (χ1) is 16.6. The Morgan fingerprint density at radius 3 is 2.00 bits per heavy atom. The van der Waals surface area contributed by atoms with Crippen molar-refractivity contribution in [2.75, 3.05) is 0 Å². The van der Waals surface area contributed by atoms with E-state index < -0.39 is 29.5 Å². The number of esters is 2. The second-order valence-electron chi connectivity index (χ2n) is 9.09. The third-order valence-electron chi connectivity index (χ3n) is 5.07. The van der Waals surface area contributed by atoms with Crippen LogP contribution in [0.25, 0.3) is 0 Å². The fourth-order valence-electron chi connectivity index (χ4n) is 3.40. The summed E-state index contributed by atoms with van der Waals surface area (Å²) in [7, 11) is 0. The number of hydrogen-bond donors (Lipinski definition) is 1. The lowest BCUT2D eigenvalue weighted by Crippen LogP contribution is -2.40. The van der Waals surface area contributed by atoms with Crippen LogP contribution in [-0.4, -0.2) is 17.5 Å². The van der Waals surface area contributed by atoms with Crippen molar-refractivity contribution in [1.29, 1.82) is 0 Å². The van der Waals surface area contributed by atoms with Gasteiger partial charge < -0.3 is 19.9 Å². The molecule has 3 aromatic rings. The highest BCUT2D eigenvalue weighted by molar-refractivity contribution is 14.1. The van der Waals surface area contributed by atoms with E-state index in [9.17, 15) is 9.59 Å². The lowest BCUT2D eigenvalue weighted by molar-refractivity contribution is -0.171. The molecule has 6 nitrogen and oxygen atoms in total. The molecule has 2 unspecified atom stereocenters. The SMILES string of the molecule is CC(C)(C)OC(=O)C(C(=O)OCc1ccccc1)C(N)c1cc(I)ccc1OCc1ccccc1. The van der Waals surface area contributed by atoms with Gasteiger partial charge in [-0.2, -0.15) is 0 Å². The minimum Gasteiger partial charge on any atom is -0.489 e. The number of nitrogens with two attached hydrogens (primary N) is 1. The maximum Gasteiger partial charge on any atom is 0.322 e. The van der Waals surface area contributed by atoms with E-state index in [0.29, 0.717) is 17.9 Å². The molecule has 35 heavy (non-hydrogen) atoms. The van der Waals surface area contributed by atoms with Crippen LogP contribution < -0.4 is 10.5 Å². The molecule has 0 aliphatic heterocycles. The summed E-state index contributed by atoms with van der Waals surface area (Å²) in [6.45, 7) is 5.56. The van der Waals surface area contributed by atoms with Gasteiger partial charge in [0.1, 0.15) is 24.6 Å². The molecule has 0 saturated carbocycles. The van der Waals surface area contributed by atoms with Gasteiger partial charge in [-0.05, 0) is 72.7 Å². The Hall–Kier alpha value is -2.91. The van der Waals surface area contributed by atoms with E-state index in [1.807, 2.05) is 72.8 Å². The van der Waals surface area contributed by atoms with Crippen LogP contribution >= 0.6 is 22.6 Å². The zero-order chi connectivity index (χ0) is 25.4. The monoisotopic (exact) mass is 587 g/mol. The zero-order valence-corrected chi connectivity index (χ0v) is 22.2. The van der Waals surface area contributed by atoms with E-state index in [1.165, 1.54) is 0 Å². The van der Waals surface area contributed by atoms with Crippen molar-refractivity contribution in [2.24, 2.45) is 11.7 Å². The van der Waals surface area contributed by atoms with Crippen molar-refractivity contribution in [3.05, 3.63) is 99.1 Å². The number of halogens is 1. The molecule has 0 bridgehead atoms. The van der Waals surface area contributed by atoms with Gasteiger partial charge in [-0.15, -0.1) is 0 Å². The quantitative estimate of drug-likeness (QED) is 0.200. The van der Waals surface area contributed by atoms with Crippen LogP contribution in [0.5, 0.6) is 5.75 Å². The molecule has 0 heterocycles. The third-order valence-corrected chi connectivity index (χ3v) is 5.74. The van der Waals surface area contributed by atoms with E-state index in [4.69, 9.17) is 19.9 Å². The molecule has 0 aliphatic carbocycles. The van der Waals surface area contributed by atoms with E-state index in [0.717, 1.165) is 14.7 Å². The van der Waals surface area contributed by atoms with Crippen LogP contribution in [0.1, 0.15) is 43.5 Å². The summed E-state index contributed by atoms with van der Waals surface area (Å²) in [5.74, 6) is -2.36. The lowest BCUT2D eigenvalue weighted by Gasteiger charge is -2.27. The first-order valence-electron chi connectivity index (χ1n) is 11.3. The standard InChI is InChI=1S/C28H30INO5/c1-28(2,3)35-27(32)24(26(31)34-18-20-12-8-5-9-13-20)25(30)22-16-21(29)14-15-23(22)33-17-19-10-6-4-7-11-19/h4-16,24-25H,17-18,30H2,1-3H3. The maximum atomic E-state index is 13.2. The van der Waals surface area contributed by atoms with Gasteiger partial charge >= 0.3 is 11.9 Å². The van der Waals surface area contributed by atoms with Gasteiger partial charge in [0, 0.05) is 9.13 Å². The highest BCUT2D eigenvalue weighted by Crippen LogP contribution is 2.33. The summed E-state index contributed by atoms with van der Waals surface area (Å²) in [4.78, 5) is 26.3. The highest BCUT2D eigenvalue weighted by Gasteiger charge is 2.39. The van der Waals surface area contributed by atoms with Gasteiger partial charge in [-0.3, -0.25) is 9.59 Å². The Labute approximate surface area is 219 Å². The topological polar surface area (TPSA) is 87.9 Å². The molecule has 0 amide bonds. The number of benzene rings is 3. The smallest absolute Gasteiger partial charge is 0.322 e. The highest BCUT2D eigenvalue weighted by atomic mass is 127. The first kappa shape index (κ1) is 26.7. The summed E-state index contributed by atoms with van der Waals surface area (Å²) in [6, 6.07) is 23.4. The van der Waals surface area contributed by atoms with Gasteiger partial charge in [-0.1, -0.05) is 60.7 Å². The van der Waals surface area contributed by atoms with Crippen LogP contribution in [0.2, 0.25) is 0 Å². The summed E-state index contributed by atoms with van der Waals surface area (Å²) in [5, 5.41) is 0. The van der Waals surface area contributed by atoms with Gasteiger partial charge in [-0.25, -0.2) is 0 Å². The summed E-state index contributed by atoms with van der Waals surface area (Å²) in [5.41, 5.74) is 8.10. The number of carbonyl (C=O) groups is 2. The Kier molecular flexibility index (Phi) is 9.28. The molecule has 7 heteroatoms. The van der Waals surface area contributed by atoms with Crippen molar-refractivity contribution < 1.29 is 23.8 Å². The molecule has 0 fully saturated rings. The van der Waals surface area contributed by atoms with Gasteiger partial charge in [0.05, 0.1) is 6.04 Å². The van der Waals surface area contributed by atoms with Gasteiger partial charge in [0.15, 0.2) is 5.92 Å². The molecule has 0 radical (unpaired) electrons.